The maximum absolute atomic E-state index is 13.8. The number of likely N-dealkylation sites (tertiary alicyclic amines) is 1. The van der Waals surface area contributed by atoms with Crippen LogP contribution in [0, 0.1) is 23.4 Å². The van der Waals surface area contributed by atoms with Crippen molar-refractivity contribution in [2.75, 3.05) is 18.8 Å². The SMILES string of the molecule is Nc1ncc(CN2CCC(C(=O)c3c(F)cc(F)cc3F)CC2)s1. The molecule has 1 fully saturated rings. The van der Waals surface area contributed by atoms with Gasteiger partial charge in [-0.2, -0.15) is 0 Å². The summed E-state index contributed by atoms with van der Waals surface area (Å²) >= 11 is 1.41. The van der Waals surface area contributed by atoms with Gasteiger partial charge in [-0.1, -0.05) is 0 Å². The normalized spacial score (nSPS) is 16.5. The zero-order valence-corrected chi connectivity index (χ0v) is 13.6. The van der Waals surface area contributed by atoms with Crippen LogP contribution >= 0.6 is 11.3 Å². The third kappa shape index (κ3) is 3.59. The van der Waals surface area contributed by atoms with Crippen LogP contribution in [0.25, 0.3) is 0 Å². The van der Waals surface area contributed by atoms with E-state index in [1.165, 1.54) is 11.3 Å². The van der Waals surface area contributed by atoms with E-state index in [0.29, 0.717) is 49.7 Å². The van der Waals surface area contributed by atoms with Crippen LogP contribution in [0.2, 0.25) is 0 Å². The number of ketones is 1. The first kappa shape index (κ1) is 16.9. The summed E-state index contributed by atoms with van der Waals surface area (Å²) in [5.74, 6) is -4.35. The maximum Gasteiger partial charge on any atom is 0.180 e. The summed E-state index contributed by atoms with van der Waals surface area (Å²) in [5.41, 5.74) is 4.96. The largest absolute Gasteiger partial charge is 0.375 e. The average molecular weight is 355 g/mol. The third-order valence-corrected chi connectivity index (χ3v) is 4.97. The van der Waals surface area contributed by atoms with Crippen molar-refractivity contribution in [2.45, 2.75) is 19.4 Å². The molecule has 0 bridgehead atoms. The number of carbonyl (C=O) groups excluding carboxylic acids is 1. The summed E-state index contributed by atoms with van der Waals surface area (Å²) in [6, 6.07) is 1.08. The fraction of sp³-hybridized carbons (Fsp3) is 0.375. The van der Waals surface area contributed by atoms with Crippen molar-refractivity contribution in [1.82, 2.24) is 9.88 Å². The van der Waals surface area contributed by atoms with E-state index in [-0.39, 0.29) is 0 Å². The Kier molecular flexibility index (Phi) is 4.86. The number of thiazole rings is 1. The molecule has 2 heterocycles. The van der Waals surface area contributed by atoms with Gasteiger partial charge in [0.15, 0.2) is 10.9 Å². The Morgan fingerprint density at radius 2 is 1.88 bits per heavy atom. The minimum Gasteiger partial charge on any atom is -0.375 e. The number of anilines is 1. The van der Waals surface area contributed by atoms with Crippen LogP contribution in [0.15, 0.2) is 18.3 Å². The number of piperidine rings is 1. The molecule has 1 saturated heterocycles. The van der Waals surface area contributed by atoms with E-state index < -0.39 is 34.7 Å². The van der Waals surface area contributed by atoms with Gasteiger partial charge in [0.2, 0.25) is 0 Å². The second kappa shape index (κ2) is 6.90. The highest BCUT2D eigenvalue weighted by Crippen LogP contribution is 2.27. The number of carbonyl (C=O) groups is 1. The molecule has 0 aliphatic carbocycles. The number of aromatic nitrogens is 1. The highest BCUT2D eigenvalue weighted by atomic mass is 32.1. The van der Waals surface area contributed by atoms with Gasteiger partial charge in [0.25, 0.3) is 0 Å². The van der Waals surface area contributed by atoms with Crippen molar-refractivity contribution in [3.8, 4) is 0 Å². The molecule has 1 aromatic carbocycles. The number of benzene rings is 1. The summed E-state index contributed by atoms with van der Waals surface area (Å²) in [6.07, 6.45) is 2.73. The van der Waals surface area contributed by atoms with Crippen molar-refractivity contribution in [3.05, 3.63) is 46.2 Å². The predicted molar refractivity (Wildman–Crippen MR) is 85.2 cm³/mol. The van der Waals surface area contributed by atoms with E-state index in [1.54, 1.807) is 6.20 Å². The number of hydrogen-bond acceptors (Lipinski definition) is 5. The lowest BCUT2D eigenvalue weighted by atomic mass is 9.88. The molecule has 1 aromatic heterocycles. The number of Topliss-reactive ketones (excluding diaryl/α,β-unsaturated/α-hetero) is 1. The van der Waals surface area contributed by atoms with Gasteiger partial charge < -0.3 is 5.73 Å². The first-order valence-corrected chi connectivity index (χ1v) is 8.37. The topological polar surface area (TPSA) is 59.2 Å². The summed E-state index contributed by atoms with van der Waals surface area (Å²) in [7, 11) is 0. The molecule has 0 unspecified atom stereocenters. The molecule has 0 spiro atoms. The Hall–Kier alpha value is -1.93. The average Bonchev–Trinajstić information content (AvgIpc) is 2.92. The number of hydrogen-bond donors (Lipinski definition) is 1. The number of rotatable bonds is 4. The maximum atomic E-state index is 13.8. The van der Waals surface area contributed by atoms with Crippen LogP contribution in [-0.4, -0.2) is 28.8 Å². The Bertz CT molecular complexity index is 734. The van der Waals surface area contributed by atoms with Crippen LogP contribution in [0.5, 0.6) is 0 Å². The molecule has 4 nitrogen and oxygen atoms in total. The van der Waals surface area contributed by atoms with Gasteiger partial charge >= 0.3 is 0 Å². The Balaban J connectivity index is 1.63. The first-order chi connectivity index (χ1) is 11.4. The second-order valence-electron chi connectivity index (χ2n) is 5.82. The summed E-state index contributed by atoms with van der Waals surface area (Å²) < 4.78 is 40.5. The summed E-state index contributed by atoms with van der Waals surface area (Å²) in [5, 5.41) is 0.511. The molecule has 2 aromatic rings. The highest BCUT2D eigenvalue weighted by Gasteiger charge is 2.30. The molecule has 8 heteroatoms. The van der Waals surface area contributed by atoms with Crippen LogP contribution in [0.1, 0.15) is 28.1 Å². The minimum atomic E-state index is -1.14. The summed E-state index contributed by atoms with van der Waals surface area (Å²) in [6.45, 7) is 1.96. The van der Waals surface area contributed by atoms with Crippen molar-refractivity contribution in [1.29, 1.82) is 0 Å². The van der Waals surface area contributed by atoms with Crippen molar-refractivity contribution in [3.63, 3.8) is 0 Å². The zero-order chi connectivity index (χ0) is 17.3. The predicted octanol–water partition coefficient (Wildman–Crippen LogP) is 3.24. The lowest BCUT2D eigenvalue weighted by molar-refractivity contribution is 0.0826. The Morgan fingerprint density at radius 1 is 1.25 bits per heavy atom. The monoisotopic (exact) mass is 355 g/mol. The van der Waals surface area contributed by atoms with Crippen LogP contribution in [0.3, 0.4) is 0 Å². The lowest BCUT2D eigenvalue weighted by Crippen LogP contribution is -2.36. The van der Waals surface area contributed by atoms with E-state index in [2.05, 4.69) is 9.88 Å². The molecule has 0 atom stereocenters. The molecule has 24 heavy (non-hydrogen) atoms. The fourth-order valence-corrected chi connectivity index (χ4v) is 3.68. The van der Waals surface area contributed by atoms with Gasteiger partial charge in [-0.25, -0.2) is 18.2 Å². The van der Waals surface area contributed by atoms with Crippen molar-refractivity contribution < 1.29 is 18.0 Å². The van der Waals surface area contributed by atoms with E-state index in [4.69, 9.17) is 5.73 Å². The minimum absolute atomic E-state index is 0.456. The van der Waals surface area contributed by atoms with E-state index in [0.717, 1.165) is 4.88 Å². The number of nitrogens with zero attached hydrogens (tertiary/aromatic N) is 2. The van der Waals surface area contributed by atoms with E-state index in [9.17, 15) is 18.0 Å². The molecule has 0 radical (unpaired) electrons. The van der Waals surface area contributed by atoms with E-state index in [1.807, 2.05) is 0 Å². The molecule has 0 amide bonds. The molecule has 2 N–H and O–H groups in total. The fourth-order valence-electron chi connectivity index (χ4n) is 2.95. The van der Waals surface area contributed by atoms with Gasteiger partial charge in [-0.3, -0.25) is 9.69 Å². The molecular weight excluding hydrogens is 339 g/mol. The second-order valence-corrected chi connectivity index (χ2v) is 6.97. The van der Waals surface area contributed by atoms with Crippen molar-refractivity contribution in [2.24, 2.45) is 5.92 Å². The molecule has 1 aliphatic rings. The first-order valence-electron chi connectivity index (χ1n) is 7.55. The van der Waals surface area contributed by atoms with Gasteiger partial charge in [0.05, 0.1) is 5.56 Å². The highest BCUT2D eigenvalue weighted by molar-refractivity contribution is 7.15. The number of nitrogens with two attached hydrogens (primary N) is 1. The van der Waals surface area contributed by atoms with Gasteiger partial charge in [-0.15, -0.1) is 11.3 Å². The molecule has 128 valence electrons. The molecule has 0 saturated carbocycles. The van der Waals surface area contributed by atoms with Crippen molar-refractivity contribution >= 4 is 22.3 Å². The Labute approximate surface area is 141 Å². The van der Waals surface area contributed by atoms with Gasteiger partial charge in [0, 0.05) is 35.7 Å². The van der Waals surface area contributed by atoms with Gasteiger partial charge in [0.1, 0.15) is 17.5 Å². The standard InChI is InChI=1S/C16H16F3N3OS/c17-10-5-12(18)14(13(19)6-10)15(23)9-1-3-22(4-2-9)8-11-7-21-16(20)24-11/h5-7,9H,1-4,8H2,(H2,20,21). The Morgan fingerprint density at radius 3 is 2.42 bits per heavy atom. The van der Waals surface area contributed by atoms with Gasteiger partial charge in [-0.05, 0) is 25.9 Å². The van der Waals surface area contributed by atoms with Crippen LogP contribution in [0.4, 0.5) is 18.3 Å². The zero-order valence-electron chi connectivity index (χ0n) is 12.8. The molecule has 1 aliphatic heterocycles. The molecule has 3 rings (SSSR count). The number of halogens is 3. The quantitative estimate of drug-likeness (QED) is 0.856. The summed E-state index contributed by atoms with van der Waals surface area (Å²) in [4.78, 5) is 19.6. The molecular formula is C16H16F3N3OS. The lowest BCUT2D eigenvalue weighted by Gasteiger charge is -2.30. The third-order valence-electron chi connectivity index (χ3n) is 4.16. The van der Waals surface area contributed by atoms with Crippen LogP contribution < -0.4 is 5.73 Å². The number of nitrogen functional groups attached to an aromatic ring is 1. The van der Waals surface area contributed by atoms with Crippen LogP contribution in [-0.2, 0) is 6.54 Å². The smallest absolute Gasteiger partial charge is 0.180 e. The van der Waals surface area contributed by atoms with E-state index >= 15 is 0 Å².